The molecule has 0 aliphatic heterocycles. The number of halogens is 4. The van der Waals surface area contributed by atoms with Gasteiger partial charge in [-0.05, 0) is 37.9 Å². The highest BCUT2D eigenvalue weighted by molar-refractivity contribution is 9.13. The van der Waals surface area contributed by atoms with E-state index in [-0.39, 0.29) is 12.1 Å². The minimum absolute atomic E-state index is 0.0389. The largest absolute Gasteiger partial charge is 0.326 e. The fourth-order valence-corrected chi connectivity index (χ4v) is 1.69. The van der Waals surface area contributed by atoms with Crippen molar-refractivity contribution in [2.24, 2.45) is 5.73 Å². The van der Waals surface area contributed by atoms with E-state index in [1.54, 1.807) is 0 Å². The Morgan fingerprint density at radius 3 is 2.42 bits per heavy atom. The highest BCUT2D eigenvalue weighted by Gasteiger charge is 2.13. The molecule has 0 atom stereocenters. The molecule has 0 unspecified atom stereocenters. The van der Waals surface area contributed by atoms with Crippen molar-refractivity contribution in [1.29, 1.82) is 0 Å². The van der Waals surface area contributed by atoms with Gasteiger partial charge in [0, 0.05) is 21.1 Å². The Balaban J connectivity index is 3.42. The highest BCUT2D eigenvalue weighted by Crippen LogP contribution is 2.30. The van der Waals surface area contributed by atoms with Crippen LogP contribution in [0.2, 0.25) is 0 Å². The lowest BCUT2D eigenvalue weighted by molar-refractivity contribution is 0.497. The second-order valence-electron chi connectivity index (χ2n) is 2.15. The summed E-state index contributed by atoms with van der Waals surface area (Å²) in [6, 6.07) is 1.05. The summed E-state index contributed by atoms with van der Waals surface area (Å²) in [5.41, 5.74) is 5.37. The first-order chi connectivity index (χ1) is 5.57. The molecule has 1 rings (SSSR count). The number of hydrogen-bond donors (Lipinski definition) is 1. The molecule has 0 aliphatic rings. The van der Waals surface area contributed by atoms with E-state index in [1.165, 1.54) is 0 Å². The van der Waals surface area contributed by atoms with Gasteiger partial charge in [0.1, 0.15) is 0 Å². The molecular weight excluding hydrogens is 296 g/mol. The number of benzene rings is 1. The molecule has 0 aliphatic carbocycles. The van der Waals surface area contributed by atoms with E-state index in [0.29, 0.717) is 8.95 Å². The minimum Gasteiger partial charge on any atom is -0.326 e. The molecule has 0 amide bonds. The third-order valence-corrected chi connectivity index (χ3v) is 3.47. The Labute approximate surface area is 85.2 Å². The molecule has 66 valence electrons. The van der Waals surface area contributed by atoms with E-state index < -0.39 is 11.6 Å². The first kappa shape index (κ1) is 10.1. The third kappa shape index (κ3) is 1.67. The predicted molar refractivity (Wildman–Crippen MR) is 49.6 cm³/mol. The number of hydrogen-bond acceptors (Lipinski definition) is 1. The molecule has 0 saturated carbocycles. The van der Waals surface area contributed by atoms with Crippen LogP contribution in [0.3, 0.4) is 0 Å². The fraction of sp³-hybridized carbons (Fsp3) is 0.143. The van der Waals surface area contributed by atoms with Crippen LogP contribution in [0, 0.1) is 11.6 Å². The molecule has 1 nitrogen and oxygen atoms in total. The van der Waals surface area contributed by atoms with Crippen molar-refractivity contribution >= 4 is 31.9 Å². The normalized spacial score (nSPS) is 10.4. The van der Waals surface area contributed by atoms with Crippen LogP contribution in [0.4, 0.5) is 8.78 Å². The lowest BCUT2D eigenvalue weighted by Gasteiger charge is -2.05. The van der Waals surface area contributed by atoms with Gasteiger partial charge in [0.2, 0.25) is 0 Å². The lowest BCUT2D eigenvalue weighted by Crippen LogP contribution is -2.03. The maximum absolute atomic E-state index is 12.9. The zero-order valence-electron chi connectivity index (χ0n) is 5.87. The predicted octanol–water partition coefficient (Wildman–Crippen LogP) is 2.95. The van der Waals surface area contributed by atoms with Crippen molar-refractivity contribution in [3.8, 4) is 0 Å². The Hall–Kier alpha value is -0.000000000000000111. The SMILES string of the molecule is NCc1c(F)c(F)cc(Br)c1Br. The smallest absolute Gasteiger partial charge is 0.164 e. The molecule has 1 aromatic carbocycles. The quantitative estimate of drug-likeness (QED) is 0.793. The van der Waals surface area contributed by atoms with Crippen molar-refractivity contribution in [2.45, 2.75) is 6.54 Å². The van der Waals surface area contributed by atoms with Crippen molar-refractivity contribution in [1.82, 2.24) is 0 Å². The van der Waals surface area contributed by atoms with Gasteiger partial charge in [-0.1, -0.05) is 0 Å². The first-order valence-electron chi connectivity index (χ1n) is 3.10. The van der Waals surface area contributed by atoms with Gasteiger partial charge in [0.25, 0.3) is 0 Å². The standard InChI is InChI=1S/C7H5Br2F2N/c8-4-1-5(10)7(11)3(2-12)6(4)9/h1H,2,12H2. The molecule has 0 fully saturated rings. The van der Waals surface area contributed by atoms with Gasteiger partial charge in [0.15, 0.2) is 11.6 Å². The fourth-order valence-electron chi connectivity index (χ4n) is 0.802. The van der Waals surface area contributed by atoms with E-state index >= 15 is 0 Å². The summed E-state index contributed by atoms with van der Waals surface area (Å²) in [6.45, 7) is -0.0389. The van der Waals surface area contributed by atoms with Crippen LogP contribution >= 0.6 is 31.9 Å². The summed E-state index contributed by atoms with van der Waals surface area (Å²) < 4.78 is 26.6. The van der Waals surface area contributed by atoms with Crippen molar-refractivity contribution < 1.29 is 8.78 Å². The van der Waals surface area contributed by atoms with E-state index in [9.17, 15) is 8.78 Å². The molecule has 12 heavy (non-hydrogen) atoms. The van der Waals surface area contributed by atoms with E-state index in [1.807, 2.05) is 0 Å². The lowest BCUT2D eigenvalue weighted by atomic mass is 10.2. The van der Waals surface area contributed by atoms with Gasteiger partial charge in [0.05, 0.1) is 0 Å². The number of rotatable bonds is 1. The summed E-state index contributed by atoms with van der Waals surface area (Å²) in [5.74, 6) is -1.79. The van der Waals surface area contributed by atoms with Gasteiger partial charge >= 0.3 is 0 Å². The van der Waals surface area contributed by atoms with Crippen LogP contribution in [0.15, 0.2) is 15.0 Å². The molecule has 0 bridgehead atoms. The molecule has 0 aromatic heterocycles. The molecular formula is C7H5Br2F2N. The summed E-state index contributed by atoms with van der Waals surface area (Å²) in [7, 11) is 0. The Morgan fingerprint density at radius 1 is 1.33 bits per heavy atom. The second kappa shape index (κ2) is 3.81. The third-order valence-electron chi connectivity index (χ3n) is 1.41. The van der Waals surface area contributed by atoms with Gasteiger partial charge in [-0.3, -0.25) is 0 Å². The van der Waals surface area contributed by atoms with E-state index in [0.717, 1.165) is 6.07 Å². The maximum Gasteiger partial charge on any atom is 0.164 e. The van der Waals surface area contributed by atoms with Crippen molar-refractivity contribution in [2.75, 3.05) is 0 Å². The van der Waals surface area contributed by atoms with E-state index in [4.69, 9.17) is 5.73 Å². The molecule has 0 spiro atoms. The Bertz CT molecular complexity index is 289. The van der Waals surface area contributed by atoms with Gasteiger partial charge in [-0.15, -0.1) is 0 Å². The summed E-state index contributed by atoms with van der Waals surface area (Å²) in [6.07, 6.45) is 0. The van der Waals surface area contributed by atoms with Crippen molar-refractivity contribution in [3.63, 3.8) is 0 Å². The van der Waals surface area contributed by atoms with Gasteiger partial charge in [-0.25, -0.2) is 8.78 Å². The van der Waals surface area contributed by atoms with Crippen molar-refractivity contribution in [3.05, 3.63) is 32.2 Å². The maximum atomic E-state index is 12.9. The zero-order valence-corrected chi connectivity index (χ0v) is 9.05. The van der Waals surface area contributed by atoms with Crippen LogP contribution in [0.5, 0.6) is 0 Å². The monoisotopic (exact) mass is 299 g/mol. The van der Waals surface area contributed by atoms with Crippen LogP contribution < -0.4 is 5.73 Å². The average Bonchev–Trinajstić information content (AvgIpc) is 2.02. The second-order valence-corrected chi connectivity index (χ2v) is 3.80. The summed E-state index contributed by atoms with van der Waals surface area (Å²) in [4.78, 5) is 0. The summed E-state index contributed by atoms with van der Waals surface area (Å²) >= 11 is 6.15. The minimum atomic E-state index is -0.898. The molecule has 0 heterocycles. The molecule has 0 saturated heterocycles. The van der Waals surface area contributed by atoms with Gasteiger partial charge < -0.3 is 5.73 Å². The van der Waals surface area contributed by atoms with Crippen LogP contribution in [0.25, 0.3) is 0 Å². The highest BCUT2D eigenvalue weighted by atomic mass is 79.9. The molecule has 2 N–H and O–H groups in total. The molecule has 1 aromatic rings. The topological polar surface area (TPSA) is 26.0 Å². The Morgan fingerprint density at radius 2 is 1.92 bits per heavy atom. The van der Waals surface area contributed by atoms with Gasteiger partial charge in [-0.2, -0.15) is 0 Å². The van der Waals surface area contributed by atoms with Crippen LogP contribution in [0.1, 0.15) is 5.56 Å². The molecule has 5 heteroatoms. The first-order valence-corrected chi connectivity index (χ1v) is 4.68. The average molecular weight is 301 g/mol. The number of nitrogens with two attached hydrogens (primary N) is 1. The molecule has 0 radical (unpaired) electrons. The van der Waals surface area contributed by atoms with E-state index in [2.05, 4.69) is 31.9 Å². The van der Waals surface area contributed by atoms with Crippen LogP contribution in [-0.2, 0) is 6.54 Å². The summed E-state index contributed by atoms with van der Waals surface area (Å²) in [5, 5.41) is 0. The van der Waals surface area contributed by atoms with Crippen LogP contribution in [-0.4, -0.2) is 0 Å². The zero-order chi connectivity index (χ0) is 9.30. The Kier molecular flexibility index (Phi) is 3.20.